The summed E-state index contributed by atoms with van der Waals surface area (Å²) in [6.45, 7) is 4.19. The van der Waals surface area contributed by atoms with Crippen molar-refractivity contribution in [1.29, 1.82) is 0 Å². The number of hydrogen-bond donors (Lipinski definition) is 6. The fourth-order valence-corrected chi connectivity index (χ4v) is 2.20. The first-order valence-corrected chi connectivity index (χ1v) is 8.93. The van der Waals surface area contributed by atoms with Gasteiger partial charge in [-0.05, 0) is 39.3 Å². The van der Waals surface area contributed by atoms with E-state index in [9.17, 15) is 19.2 Å². The molecule has 4 amide bonds. The highest BCUT2D eigenvalue weighted by Gasteiger charge is 2.22. The van der Waals surface area contributed by atoms with E-state index >= 15 is 0 Å². The van der Waals surface area contributed by atoms with Gasteiger partial charge in [0, 0.05) is 13.0 Å². The van der Waals surface area contributed by atoms with Crippen LogP contribution in [0.25, 0.3) is 0 Å². The van der Waals surface area contributed by atoms with Gasteiger partial charge in [0.05, 0.1) is 6.54 Å². The number of carbonyl (C=O) groups is 4. The lowest BCUT2D eigenvalue weighted by molar-refractivity contribution is -0.131. The third-order valence-corrected chi connectivity index (χ3v) is 3.47. The maximum atomic E-state index is 12.2. The Morgan fingerprint density at radius 3 is 1.77 bits per heavy atom. The molecule has 0 aliphatic rings. The monoisotopic (exact) mass is 372 g/mol. The van der Waals surface area contributed by atoms with Crippen molar-refractivity contribution in [3.05, 3.63) is 0 Å². The third-order valence-electron chi connectivity index (χ3n) is 3.47. The molecular weight excluding hydrogens is 340 g/mol. The van der Waals surface area contributed by atoms with E-state index in [1.165, 1.54) is 0 Å². The van der Waals surface area contributed by atoms with E-state index in [-0.39, 0.29) is 44.3 Å². The predicted molar refractivity (Wildman–Crippen MR) is 97.8 cm³/mol. The van der Waals surface area contributed by atoms with Gasteiger partial charge in [0.15, 0.2) is 0 Å². The lowest BCUT2D eigenvalue weighted by Gasteiger charge is -2.19. The summed E-state index contributed by atoms with van der Waals surface area (Å²) in [6.07, 6.45) is 1.52. The Labute approximate surface area is 154 Å². The first-order chi connectivity index (χ1) is 12.4. The van der Waals surface area contributed by atoms with E-state index in [1.54, 1.807) is 6.92 Å². The van der Waals surface area contributed by atoms with Crippen LogP contribution in [0.1, 0.15) is 39.5 Å². The molecule has 0 heterocycles. The summed E-state index contributed by atoms with van der Waals surface area (Å²) in [7, 11) is 0. The number of carbonyl (C=O) groups excluding carboxylic acids is 4. The fraction of sp³-hybridized carbons (Fsp3) is 0.750. The summed E-state index contributed by atoms with van der Waals surface area (Å²) in [4.78, 5) is 47.7. The van der Waals surface area contributed by atoms with Gasteiger partial charge in [-0.3, -0.25) is 19.2 Å². The predicted octanol–water partition coefficient (Wildman–Crippen LogP) is -2.29. The molecular formula is C16H32N6O4. The van der Waals surface area contributed by atoms with E-state index in [2.05, 4.69) is 21.3 Å². The Bertz CT molecular complexity index is 472. The number of likely N-dealkylation sites (N-methyl/N-ethyl adjacent to an activating group) is 1. The van der Waals surface area contributed by atoms with Crippen molar-refractivity contribution in [3.63, 3.8) is 0 Å². The largest absolute Gasteiger partial charge is 0.355 e. The summed E-state index contributed by atoms with van der Waals surface area (Å²) in [5.74, 6) is -1.59. The van der Waals surface area contributed by atoms with Crippen molar-refractivity contribution >= 4 is 23.6 Å². The number of amides is 4. The Morgan fingerprint density at radius 2 is 1.31 bits per heavy atom. The van der Waals surface area contributed by atoms with Crippen molar-refractivity contribution in [1.82, 2.24) is 21.3 Å². The molecule has 0 saturated carbocycles. The first-order valence-electron chi connectivity index (χ1n) is 8.93. The van der Waals surface area contributed by atoms with Gasteiger partial charge in [0.1, 0.15) is 12.1 Å². The number of nitrogens with one attached hydrogen (secondary N) is 4. The lowest BCUT2D eigenvalue weighted by Crippen LogP contribution is -2.52. The van der Waals surface area contributed by atoms with Gasteiger partial charge in [-0.25, -0.2) is 0 Å². The smallest absolute Gasteiger partial charge is 0.243 e. The van der Waals surface area contributed by atoms with Gasteiger partial charge in [0.25, 0.3) is 0 Å². The molecule has 2 atom stereocenters. The molecule has 0 aliphatic carbocycles. The van der Waals surface area contributed by atoms with Gasteiger partial charge in [-0.2, -0.15) is 0 Å². The van der Waals surface area contributed by atoms with Gasteiger partial charge in [0.2, 0.25) is 23.6 Å². The molecule has 0 saturated heterocycles. The van der Waals surface area contributed by atoms with E-state index < -0.39 is 23.9 Å². The van der Waals surface area contributed by atoms with Crippen LogP contribution in [0.2, 0.25) is 0 Å². The highest BCUT2D eigenvalue weighted by atomic mass is 16.2. The van der Waals surface area contributed by atoms with Crippen LogP contribution < -0.4 is 32.7 Å². The minimum atomic E-state index is -0.796. The molecule has 8 N–H and O–H groups in total. The molecule has 10 nitrogen and oxygen atoms in total. The number of rotatable bonds is 13. The molecule has 0 bridgehead atoms. The van der Waals surface area contributed by atoms with Crippen LogP contribution in [0, 0.1) is 0 Å². The van der Waals surface area contributed by atoms with Crippen LogP contribution in [0.3, 0.4) is 0 Å². The molecule has 0 spiro atoms. The first kappa shape index (κ1) is 23.8. The third kappa shape index (κ3) is 9.94. The fourth-order valence-electron chi connectivity index (χ4n) is 2.20. The van der Waals surface area contributed by atoms with Crippen molar-refractivity contribution in [3.8, 4) is 0 Å². The number of nitrogens with two attached hydrogens (primary N) is 2. The van der Waals surface area contributed by atoms with Crippen molar-refractivity contribution in [2.75, 3.05) is 26.2 Å². The second-order valence-corrected chi connectivity index (χ2v) is 5.76. The standard InChI is InChI=1S/C16H32N6O4/c1-3-5-13(23)21-12(7-9-18)16(26)20-10-14(24)22-11(6-8-17)15(25)19-4-2/h11-12H,3-10,17-18H2,1-2H3,(H,19,25)(H,20,26)(H,21,23)(H,22,24). The molecule has 0 rings (SSSR count). The molecule has 0 fully saturated rings. The zero-order valence-corrected chi connectivity index (χ0v) is 15.6. The average molecular weight is 372 g/mol. The van der Waals surface area contributed by atoms with Gasteiger partial charge in [-0.1, -0.05) is 6.92 Å². The molecule has 10 heteroatoms. The van der Waals surface area contributed by atoms with Crippen LogP contribution in [0.15, 0.2) is 0 Å². The van der Waals surface area contributed by atoms with Gasteiger partial charge in [-0.15, -0.1) is 0 Å². The second-order valence-electron chi connectivity index (χ2n) is 5.76. The Kier molecular flexibility index (Phi) is 12.8. The SMILES string of the molecule is CCCC(=O)NC(CCN)C(=O)NCC(=O)NC(CCN)C(=O)NCC. The zero-order chi connectivity index (χ0) is 19.9. The highest BCUT2D eigenvalue weighted by Crippen LogP contribution is 1.95. The topological polar surface area (TPSA) is 168 Å². The molecule has 0 radical (unpaired) electrons. The van der Waals surface area contributed by atoms with E-state index in [1.807, 2.05) is 6.92 Å². The highest BCUT2D eigenvalue weighted by molar-refractivity contribution is 5.92. The molecule has 26 heavy (non-hydrogen) atoms. The average Bonchev–Trinajstić information content (AvgIpc) is 2.59. The molecule has 0 aromatic heterocycles. The van der Waals surface area contributed by atoms with Gasteiger partial charge < -0.3 is 32.7 Å². The van der Waals surface area contributed by atoms with Crippen molar-refractivity contribution < 1.29 is 19.2 Å². The van der Waals surface area contributed by atoms with Crippen LogP contribution in [-0.4, -0.2) is 61.9 Å². The van der Waals surface area contributed by atoms with Crippen LogP contribution in [0.5, 0.6) is 0 Å². The Morgan fingerprint density at radius 1 is 0.808 bits per heavy atom. The van der Waals surface area contributed by atoms with Crippen LogP contribution >= 0.6 is 0 Å². The molecule has 150 valence electrons. The maximum absolute atomic E-state index is 12.2. The van der Waals surface area contributed by atoms with E-state index in [4.69, 9.17) is 11.5 Å². The molecule has 0 aromatic rings. The molecule has 0 aromatic carbocycles. The molecule has 0 aliphatic heterocycles. The van der Waals surface area contributed by atoms with Crippen LogP contribution in [0.4, 0.5) is 0 Å². The zero-order valence-electron chi connectivity index (χ0n) is 15.6. The van der Waals surface area contributed by atoms with E-state index in [0.29, 0.717) is 19.4 Å². The quantitative estimate of drug-likeness (QED) is 0.212. The normalized spacial score (nSPS) is 12.6. The summed E-state index contributed by atoms with van der Waals surface area (Å²) in [5, 5.41) is 10.2. The molecule has 2 unspecified atom stereocenters. The summed E-state index contributed by atoms with van der Waals surface area (Å²) >= 11 is 0. The Hall–Kier alpha value is -2.20. The maximum Gasteiger partial charge on any atom is 0.243 e. The number of hydrogen-bond acceptors (Lipinski definition) is 6. The lowest BCUT2D eigenvalue weighted by atomic mass is 10.1. The summed E-state index contributed by atoms with van der Waals surface area (Å²) in [6, 6.07) is -1.55. The Balaban J connectivity index is 4.56. The van der Waals surface area contributed by atoms with Crippen molar-refractivity contribution in [2.45, 2.75) is 51.6 Å². The minimum Gasteiger partial charge on any atom is -0.355 e. The summed E-state index contributed by atoms with van der Waals surface area (Å²) in [5.41, 5.74) is 10.9. The minimum absolute atomic E-state index is 0.215. The second kappa shape index (κ2) is 14.0. The van der Waals surface area contributed by atoms with Crippen LogP contribution in [-0.2, 0) is 19.2 Å². The van der Waals surface area contributed by atoms with Gasteiger partial charge >= 0.3 is 0 Å². The van der Waals surface area contributed by atoms with Crippen molar-refractivity contribution in [2.24, 2.45) is 11.5 Å². The summed E-state index contributed by atoms with van der Waals surface area (Å²) < 4.78 is 0. The van der Waals surface area contributed by atoms with E-state index in [0.717, 1.165) is 0 Å².